The molecule has 0 bridgehead atoms. The molecule has 0 radical (unpaired) electrons. The molecule has 10 aromatic rings. The molecule has 0 aliphatic heterocycles. The normalized spacial score (nSPS) is 11.0. The van der Waals surface area contributed by atoms with Crippen molar-refractivity contribution < 1.29 is 0 Å². The second-order valence-corrected chi connectivity index (χ2v) is 13.9. The van der Waals surface area contributed by atoms with Crippen LogP contribution in [0.25, 0.3) is 95.8 Å². The number of nitrogens with zero attached hydrogens (tertiary/aromatic N) is 9. The number of hydrogen-bond donors (Lipinski definition) is 0. The van der Waals surface area contributed by atoms with Crippen LogP contribution in [0.5, 0.6) is 0 Å². The fourth-order valence-electron chi connectivity index (χ4n) is 7.25. The fraction of sp³-hybridized carbons (Fsp3) is 0. The third-order valence-corrected chi connectivity index (χ3v) is 10.2. The molecule has 0 aliphatic rings. The van der Waals surface area contributed by atoms with Crippen molar-refractivity contribution in [2.75, 3.05) is 0 Å². The Labute approximate surface area is 338 Å². The van der Waals surface area contributed by atoms with Crippen molar-refractivity contribution in [3.8, 4) is 86.2 Å². The first-order valence-corrected chi connectivity index (χ1v) is 18.9. The first-order valence-electron chi connectivity index (χ1n) is 18.9. The van der Waals surface area contributed by atoms with Crippen LogP contribution in [0.3, 0.4) is 0 Å². The minimum absolute atomic E-state index is 0.509. The van der Waals surface area contributed by atoms with Gasteiger partial charge in [-0.2, -0.15) is 10.5 Å². The Kier molecular flexibility index (Phi) is 8.71. The van der Waals surface area contributed by atoms with Gasteiger partial charge in [-0.15, -0.1) is 0 Å². The molecule has 0 aliphatic carbocycles. The van der Waals surface area contributed by atoms with E-state index in [2.05, 4.69) is 65.2 Å². The zero-order chi connectivity index (χ0) is 39.7. The molecular weight excluding hydrogens is 727 g/mol. The molecule has 274 valence electrons. The van der Waals surface area contributed by atoms with E-state index in [9.17, 15) is 10.5 Å². The predicted molar refractivity (Wildman–Crippen MR) is 230 cm³/mol. The monoisotopic (exact) mass is 755 g/mol. The van der Waals surface area contributed by atoms with Gasteiger partial charge in [0, 0.05) is 49.8 Å². The Morgan fingerprint density at radius 3 is 0.983 bits per heavy atom. The summed E-state index contributed by atoms with van der Waals surface area (Å²) in [6.45, 7) is 0. The molecule has 0 saturated carbocycles. The zero-order valence-electron chi connectivity index (χ0n) is 31.3. The van der Waals surface area contributed by atoms with E-state index in [1.165, 1.54) is 0 Å². The number of hydrogen-bond acceptors (Lipinski definition) is 8. The lowest BCUT2D eigenvalue weighted by molar-refractivity contribution is 1.07. The fourth-order valence-corrected chi connectivity index (χ4v) is 7.25. The van der Waals surface area contributed by atoms with Crippen molar-refractivity contribution in [2.24, 2.45) is 0 Å². The predicted octanol–water partition coefficient (Wildman–Crippen LogP) is 10.9. The minimum Gasteiger partial charge on any atom is -0.309 e. The van der Waals surface area contributed by atoms with Crippen LogP contribution in [0.15, 0.2) is 176 Å². The molecule has 0 spiro atoms. The van der Waals surface area contributed by atoms with Gasteiger partial charge in [-0.05, 0) is 97.1 Å². The number of nitriles is 2. The number of para-hydroxylation sites is 1. The molecule has 9 heteroatoms. The number of rotatable bonds is 7. The van der Waals surface area contributed by atoms with Crippen molar-refractivity contribution in [1.29, 1.82) is 10.5 Å². The van der Waals surface area contributed by atoms with Gasteiger partial charge in [0.2, 0.25) is 0 Å². The summed E-state index contributed by atoms with van der Waals surface area (Å²) in [6.07, 6.45) is 0. The summed E-state index contributed by atoms with van der Waals surface area (Å²) < 4.78 is 2.26. The third-order valence-electron chi connectivity index (χ3n) is 10.2. The first-order chi connectivity index (χ1) is 29.1. The molecule has 0 fully saturated rings. The average molecular weight is 756 g/mol. The van der Waals surface area contributed by atoms with E-state index < -0.39 is 0 Å². The van der Waals surface area contributed by atoms with Gasteiger partial charge >= 0.3 is 0 Å². The molecule has 0 atom stereocenters. The van der Waals surface area contributed by atoms with E-state index in [-0.39, 0.29) is 0 Å². The molecule has 7 aromatic carbocycles. The summed E-state index contributed by atoms with van der Waals surface area (Å²) in [6, 6.07) is 61.5. The largest absolute Gasteiger partial charge is 0.309 e. The smallest absolute Gasteiger partial charge is 0.164 e. The lowest BCUT2D eigenvalue weighted by Crippen LogP contribution is -2.00. The maximum absolute atomic E-state index is 9.43. The molecule has 0 amide bonds. The van der Waals surface area contributed by atoms with Crippen LogP contribution in [0, 0.1) is 22.7 Å². The van der Waals surface area contributed by atoms with Gasteiger partial charge < -0.3 is 4.57 Å². The zero-order valence-corrected chi connectivity index (χ0v) is 31.3. The molecule has 9 nitrogen and oxygen atoms in total. The summed E-state index contributed by atoms with van der Waals surface area (Å²) in [4.78, 5) is 29.8. The molecular formula is C50H29N9. The SMILES string of the molecule is N#Cc1ccc(-c2nc(-c3ccccc3)nc(-c3ccc4c(c3)c3cc(-c5nc(-c6ccccc6)nc(-c6ccc(C#N)cc6)n5)ccc3n4-c3ccccc3)n2)cc1. The average Bonchev–Trinajstić information content (AvgIpc) is 3.65. The van der Waals surface area contributed by atoms with Gasteiger partial charge in [0.1, 0.15) is 0 Å². The summed E-state index contributed by atoms with van der Waals surface area (Å²) in [5.74, 6) is 3.16. The Morgan fingerprint density at radius 1 is 0.322 bits per heavy atom. The van der Waals surface area contributed by atoms with Crippen LogP contribution in [0.4, 0.5) is 0 Å². The number of aromatic nitrogens is 7. The van der Waals surface area contributed by atoms with Gasteiger partial charge in [0.15, 0.2) is 34.9 Å². The molecule has 3 heterocycles. The topological polar surface area (TPSA) is 130 Å². The second kappa shape index (κ2) is 14.8. The molecule has 0 unspecified atom stereocenters. The summed E-state index contributed by atoms with van der Waals surface area (Å²) in [7, 11) is 0. The molecule has 59 heavy (non-hydrogen) atoms. The Balaban J connectivity index is 1.18. The highest BCUT2D eigenvalue weighted by atomic mass is 15.0. The van der Waals surface area contributed by atoms with E-state index in [1.807, 2.05) is 103 Å². The highest BCUT2D eigenvalue weighted by molar-refractivity contribution is 6.11. The standard InChI is InChI=1S/C50H29N9/c51-30-32-16-20-36(21-17-32)47-53-45(34-10-4-1-5-11-34)55-49(57-47)38-24-26-43-41(28-38)42-29-39(25-27-44(42)59(43)40-14-8-3-9-15-40)50-56-46(35-12-6-2-7-13-35)54-48(58-50)37-22-18-33(31-52)19-23-37/h1-29H. The van der Waals surface area contributed by atoms with Gasteiger partial charge in [-0.1, -0.05) is 78.9 Å². The highest BCUT2D eigenvalue weighted by Gasteiger charge is 2.19. The Morgan fingerprint density at radius 2 is 0.627 bits per heavy atom. The van der Waals surface area contributed by atoms with Gasteiger partial charge in [0.25, 0.3) is 0 Å². The maximum Gasteiger partial charge on any atom is 0.164 e. The van der Waals surface area contributed by atoms with Crippen molar-refractivity contribution >= 4 is 21.8 Å². The summed E-state index contributed by atoms with van der Waals surface area (Å²) >= 11 is 0. The highest BCUT2D eigenvalue weighted by Crippen LogP contribution is 2.37. The van der Waals surface area contributed by atoms with Crippen molar-refractivity contribution in [2.45, 2.75) is 0 Å². The van der Waals surface area contributed by atoms with E-state index in [1.54, 1.807) is 24.3 Å². The quantitative estimate of drug-likeness (QED) is 0.157. The summed E-state index contributed by atoms with van der Waals surface area (Å²) in [5, 5.41) is 20.8. The van der Waals surface area contributed by atoms with Gasteiger partial charge in [0.05, 0.1) is 34.3 Å². The van der Waals surface area contributed by atoms with Crippen molar-refractivity contribution in [3.63, 3.8) is 0 Å². The van der Waals surface area contributed by atoms with Crippen LogP contribution in [0.1, 0.15) is 11.1 Å². The van der Waals surface area contributed by atoms with Crippen LogP contribution in [-0.4, -0.2) is 34.5 Å². The van der Waals surface area contributed by atoms with Crippen LogP contribution in [0.2, 0.25) is 0 Å². The van der Waals surface area contributed by atoms with Crippen LogP contribution >= 0.6 is 0 Å². The van der Waals surface area contributed by atoms with E-state index in [0.29, 0.717) is 46.1 Å². The molecule has 10 rings (SSSR count). The van der Waals surface area contributed by atoms with Crippen molar-refractivity contribution in [1.82, 2.24) is 34.5 Å². The number of benzene rings is 7. The summed E-state index contributed by atoms with van der Waals surface area (Å²) in [5.41, 5.74) is 9.10. The third kappa shape index (κ3) is 6.61. The minimum atomic E-state index is 0.509. The van der Waals surface area contributed by atoms with Gasteiger partial charge in [-0.3, -0.25) is 0 Å². The van der Waals surface area contributed by atoms with Crippen LogP contribution < -0.4 is 0 Å². The molecule has 0 N–H and O–H groups in total. The first kappa shape index (κ1) is 34.8. The Bertz CT molecular complexity index is 3060. The van der Waals surface area contributed by atoms with Gasteiger partial charge in [-0.25, -0.2) is 29.9 Å². The maximum atomic E-state index is 9.43. The van der Waals surface area contributed by atoms with Crippen molar-refractivity contribution in [3.05, 3.63) is 187 Å². The number of fused-ring (bicyclic) bond motifs is 3. The van der Waals surface area contributed by atoms with E-state index >= 15 is 0 Å². The lowest BCUT2D eigenvalue weighted by Gasteiger charge is -2.10. The molecule has 0 saturated heterocycles. The van der Waals surface area contributed by atoms with E-state index in [4.69, 9.17) is 29.9 Å². The van der Waals surface area contributed by atoms with E-state index in [0.717, 1.165) is 60.9 Å². The lowest BCUT2D eigenvalue weighted by atomic mass is 10.1. The Hall–Kier alpha value is -8.66. The second-order valence-electron chi connectivity index (χ2n) is 13.9. The van der Waals surface area contributed by atoms with Crippen LogP contribution in [-0.2, 0) is 0 Å². The molecule has 3 aromatic heterocycles.